The number of carboxylic acids is 1. The monoisotopic (exact) mass is 266 g/mol. The summed E-state index contributed by atoms with van der Waals surface area (Å²) in [6.07, 6.45) is 1.90. The second-order valence-electron chi connectivity index (χ2n) is 2.92. The van der Waals surface area contributed by atoms with Crippen LogP contribution >= 0.6 is 15.9 Å². The summed E-state index contributed by atoms with van der Waals surface area (Å²) in [4.78, 5) is 21.1. The second-order valence-corrected chi connectivity index (χ2v) is 3.48. The lowest BCUT2D eigenvalue weighted by atomic mass is 10.1. The number of nitrogens with one attached hydrogen (secondary N) is 1. The Morgan fingerprint density at radius 1 is 1.43 bits per heavy atom. The van der Waals surface area contributed by atoms with Crippen molar-refractivity contribution in [1.82, 2.24) is 5.32 Å². The van der Waals surface area contributed by atoms with Gasteiger partial charge in [-0.05, 0) is 19.3 Å². The Morgan fingerprint density at radius 2 is 2.07 bits per heavy atom. The van der Waals surface area contributed by atoms with Gasteiger partial charge in [-0.15, -0.1) is 0 Å². The zero-order chi connectivity index (χ0) is 11.0. The molecule has 0 aromatic rings. The van der Waals surface area contributed by atoms with Crippen molar-refractivity contribution >= 4 is 27.8 Å². The van der Waals surface area contributed by atoms with E-state index in [1.807, 2.05) is 0 Å². The van der Waals surface area contributed by atoms with Crippen molar-refractivity contribution in [3.63, 3.8) is 0 Å². The summed E-state index contributed by atoms with van der Waals surface area (Å²) in [6, 6.07) is -0.790. The number of aliphatic carboxylic acids is 1. The van der Waals surface area contributed by atoms with E-state index in [0.717, 1.165) is 6.42 Å². The van der Waals surface area contributed by atoms with Gasteiger partial charge in [-0.2, -0.15) is 0 Å². The van der Waals surface area contributed by atoms with E-state index in [4.69, 9.17) is 10.8 Å². The van der Waals surface area contributed by atoms with Gasteiger partial charge in [0.2, 0.25) is 5.91 Å². The maximum absolute atomic E-state index is 10.7. The molecule has 0 radical (unpaired) electrons. The third-order valence-electron chi connectivity index (χ3n) is 1.70. The van der Waals surface area contributed by atoms with Crippen molar-refractivity contribution in [3.8, 4) is 0 Å². The predicted molar refractivity (Wildman–Crippen MR) is 56.3 cm³/mol. The number of rotatable bonds is 7. The average molecular weight is 267 g/mol. The Kier molecular flexibility index (Phi) is 7.41. The molecule has 0 fully saturated rings. The molecular weight excluding hydrogens is 252 g/mol. The van der Waals surface area contributed by atoms with Gasteiger partial charge in [0.15, 0.2) is 0 Å². The summed E-state index contributed by atoms with van der Waals surface area (Å²) in [5.74, 6) is -1.04. The lowest BCUT2D eigenvalue weighted by molar-refractivity contribution is -0.138. The number of nitrogens with two attached hydrogens (primary N) is 1. The highest BCUT2D eigenvalue weighted by atomic mass is 79.9. The topological polar surface area (TPSA) is 92.4 Å². The Labute approximate surface area is 91.2 Å². The number of carbonyl (C=O) groups is 2. The van der Waals surface area contributed by atoms with Gasteiger partial charge in [-0.1, -0.05) is 15.9 Å². The van der Waals surface area contributed by atoms with E-state index in [0.29, 0.717) is 24.7 Å². The normalized spacial score (nSPS) is 12.1. The van der Waals surface area contributed by atoms with E-state index in [9.17, 15) is 9.59 Å². The predicted octanol–water partition coefficient (Wildman–Crippen LogP) is 0.0797. The molecule has 0 spiro atoms. The molecule has 0 bridgehead atoms. The highest BCUT2D eigenvalue weighted by Crippen LogP contribution is 1.98. The van der Waals surface area contributed by atoms with E-state index in [2.05, 4.69) is 21.2 Å². The SMILES string of the molecule is N[C@H](CCCCNC(=O)CBr)C(=O)O. The first kappa shape index (κ1) is 13.4. The molecule has 6 heteroatoms. The summed E-state index contributed by atoms with van der Waals surface area (Å²) >= 11 is 3.02. The van der Waals surface area contributed by atoms with Gasteiger partial charge in [-0.25, -0.2) is 0 Å². The summed E-state index contributed by atoms with van der Waals surface area (Å²) in [5, 5.41) is 11.4. The summed E-state index contributed by atoms with van der Waals surface area (Å²) < 4.78 is 0. The van der Waals surface area contributed by atoms with Crippen LogP contribution in [0.5, 0.6) is 0 Å². The minimum atomic E-state index is -0.977. The van der Waals surface area contributed by atoms with Gasteiger partial charge < -0.3 is 16.2 Å². The third kappa shape index (κ3) is 6.85. The van der Waals surface area contributed by atoms with E-state index in [-0.39, 0.29) is 5.91 Å². The van der Waals surface area contributed by atoms with Crippen LogP contribution in [0, 0.1) is 0 Å². The fourth-order valence-corrected chi connectivity index (χ4v) is 1.09. The molecule has 0 saturated carbocycles. The Bertz CT molecular complexity index is 199. The van der Waals surface area contributed by atoms with Crippen LogP contribution < -0.4 is 11.1 Å². The fraction of sp³-hybridized carbons (Fsp3) is 0.750. The Balaban J connectivity index is 3.30. The van der Waals surface area contributed by atoms with Gasteiger partial charge in [-0.3, -0.25) is 9.59 Å². The zero-order valence-electron chi connectivity index (χ0n) is 7.83. The molecular formula is C8H15BrN2O3. The van der Waals surface area contributed by atoms with Gasteiger partial charge in [0, 0.05) is 6.54 Å². The van der Waals surface area contributed by atoms with E-state index < -0.39 is 12.0 Å². The van der Waals surface area contributed by atoms with Gasteiger partial charge in [0.1, 0.15) is 6.04 Å². The van der Waals surface area contributed by atoms with Gasteiger partial charge in [0.25, 0.3) is 0 Å². The molecule has 0 unspecified atom stereocenters. The highest BCUT2D eigenvalue weighted by molar-refractivity contribution is 9.09. The maximum atomic E-state index is 10.7. The molecule has 0 aliphatic heterocycles. The Morgan fingerprint density at radius 3 is 2.57 bits per heavy atom. The minimum absolute atomic E-state index is 0.0625. The first-order chi connectivity index (χ1) is 6.57. The van der Waals surface area contributed by atoms with Crippen molar-refractivity contribution < 1.29 is 14.7 Å². The average Bonchev–Trinajstić information content (AvgIpc) is 2.16. The number of hydrogen-bond donors (Lipinski definition) is 3. The molecule has 4 N–H and O–H groups in total. The number of alkyl halides is 1. The summed E-state index contributed by atoms with van der Waals surface area (Å²) in [5.41, 5.74) is 5.29. The minimum Gasteiger partial charge on any atom is -0.480 e. The quantitative estimate of drug-likeness (QED) is 0.450. The number of carboxylic acid groups (broad SMARTS) is 1. The number of hydrogen-bond acceptors (Lipinski definition) is 3. The molecule has 0 aromatic heterocycles. The molecule has 0 heterocycles. The van der Waals surface area contributed by atoms with Crippen molar-refractivity contribution in [2.75, 3.05) is 11.9 Å². The zero-order valence-corrected chi connectivity index (χ0v) is 9.42. The summed E-state index contributed by atoms with van der Waals surface area (Å²) in [7, 11) is 0. The molecule has 0 saturated heterocycles. The molecule has 1 atom stereocenters. The molecule has 5 nitrogen and oxygen atoms in total. The van der Waals surface area contributed by atoms with Gasteiger partial charge >= 0.3 is 5.97 Å². The van der Waals surface area contributed by atoms with Crippen LogP contribution in [0.4, 0.5) is 0 Å². The van der Waals surface area contributed by atoms with Crippen LogP contribution in [0.3, 0.4) is 0 Å². The Hall–Kier alpha value is -0.620. The number of amides is 1. The van der Waals surface area contributed by atoms with Crippen molar-refractivity contribution in [1.29, 1.82) is 0 Å². The van der Waals surface area contributed by atoms with E-state index in [1.165, 1.54) is 0 Å². The standard InChI is InChI=1S/C8H15BrN2O3/c9-5-7(12)11-4-2-1-3-6(10)8(13)14/h6H,1-5,10H2,(H,11,12)(H,13,14)/t6-/m1/s1. The van der Waals surface area contributed by atoms with Crippen LogP contribution in [0.25, 0.3) is 0 Å². The highest BCUT2D eigenvalue weighted by Gasteiger charge is 2.09. The maximum Gasteiger partial charge on any atom is 0.320 e. The largest absolute Gasteiger partial charge is 0.480 e. The molecule has 0 aromatic carbocycles. The molecule has 14 heavy (non-hydrogen) atoms. The molecule has 82 valence electrons. The summed E-state index contributed by atoms with van der Waals surface area (Å²) in [6.45, 7) is 0.566. The van der Waals surface area contributed by atoms with E-state index >= 15 is 0 Å². The lowest BCUT2D eigenvalue weighted by Gasteiger charge is -2.06. The van der Waals surface area contributed by atoms with E-state index in [1.54, 1.807) is 0 Å². The first-order valence-corrected chi connectivity index (χ1v) is 5.51. The van der Waals surface area contributed by atoms with Crippen LogP contribution in [0.1, 0.15) is 19.3 Å². The first-order valence-electron chi connectivity index (χ1n) is 4.39. The molecule has 1 amide bonds. The van der Waals surface area contributed by atoms with Crippen LogP contribution in [-0.2, 0) is 9.59 Å². The lowest BCUT2D eigenvalue weighted by Crippen LogP contribution is -2.30. The number of halogens is 1. The molecule has 0 aliphatic rings. The third-order valence-corrected chi connectivity index (χ3v) is 2.21. The second kappa shape index (κ2) is 7.75. The van der Waals surface area contributed by atoms with Crippen LogP contribution in [0.15, 0.2) is 0 Å². The number of unbranched alkanes of at least 4 members (excludes halogenated alkanes) is 1. The smallest absolute Gasteiger partial charge is 0.320 e. The molecule has 0 aliphatic carbocycles. The fourth-order valence-electron chi connectivity index (χ4n) is 0.888. The van der Waals surface area contributed by atoms with Crippen LogP contribution in [-0.4, -0.2) is 34.9 Å². The van der Waals surface area contributed by atoms with Crippen molar-refractivity contribution in [3.05, 3.63) is 0 Å². The van der Waals surface area contributed by atoms with Crippen LogP contribution in [0.2, 0.25) is 0 Å². The molecule has 0 rings (SSSR count). The number of carbonyl (C=O) groups excluding carboxylic acids is 1. The van der Waals surface area contributed by atoms with Crippen molar-refractivity contribution in [2.24, 2.45) is 5.73 Å². The van der Waals surface area contributed by atoms with Gasteiger partial charge in [0.05, 0.1) is 5.33 Å². The van der Waals surface area contributed by atoms with Crippen molar-refractivity contribution in [2.45, 2.75) is 25.3 Å².